The van der Waals surface area contributed by atoms with Crippen molar-refractivity contribution in [2.45, 2.75) is 32.0 Å². The van der Waals surface area contributed by atoms with Crippen LogP contribution in [0.1, 0.15) is 40.2 Å². The van der Waals surface area contributed by atoms with Gasteiger partial charge in [0.25, 0.3) is 5.91 Å². The van der Waals surface area contributed by atoms with Crippen molar-refractivity contribution in [3.05, 3.63) is 94.1 Å². The quantitative estimate of drug-likeness (QED) is 0.150. The largest absolute Gasteiger partial charge is 0.506 e. The van der Waals surface area contributed by atoms with Gasteiger partial charge in [-0.1, -0.05) is 35.9 Å². The van der Waals surface area contributed by atoms with Gasteiger partial charge in [-0.15, -0.1) is 0 Å². The number of H-pyrrole nitrogens is 1. The minimum atomic E-state index is -3.57. The van der Waals surface area contributed by atoms with Gasteiger partial charge in [-0.05, 0) is 72.5 Å². The van der Waals surface area contributed by atoms with Gasteiger partial charge in [-0.25, -0.2) is 8.42 Å². The molecule has 4 aromatic rings. The zero-order valence-corrected chi connectivity index (χ0v) is 23.1. The smallest absolute Gasteiger partial charge is 0.267 e. The molecule has 1 amide bonds. The molecule has 0 bridgehead atoms. The minimum Gasteiger partial charge on any atom is -0.506 e. The third-order valence-electron chi connectivity index (χ3n) is 6.20. The number of carbonyl (C=O) groups excluding carboxylic acids is 1. The van der Waals surface area contributed by atoms with Crippen molar-refractivity contribution in [1.82, 2.24) is 15.6 Å². The van der Waals surface area contributed by atoms with Gasteiger partial charge in [0.15, 0.2) is 0 Å². The summed E-state index contributed by atoms with van der Waals surface area (Å²) in [5.74, 6) is -0.420. The molecule has 4 rings (SSSR count). The Kier molecular flexibility index (Phi) is 8.81. The molecule has 206 valence electrons. The number of benzene rings is 3. The second-order valence-corrected chi connectivity index (χ2v) is 11.8. The van der Waals surface area contributed by atoms with E-state index in [0.717, 1.165) is 28.3 Å². The maximum absolute atomic E-state index is 12.6. The van der Waals surface area contributed by atoms with Crippen LogP contribution in [-0.4, -0.2) is 48.4 Å². The normalized spacial score (nSPS) is 13.2. The maximum Gasteiger partial charge on any atom is 0.267 e. The second kappa shape index (κ2) is 12.1. The Morgan fingerprint density at radius 3 is 2.46 bits per heavy atom. The van der Waals surface area contributed by atoms with Crippen molar-refractivity contribution >= 4 is 44.1 Å². The molecule has 9 nitrogen and oxygen atoms in total. The number of nitrogens with one attached hydrogen (secondary N) is 4. The monoisotopic (exact) mass is 570 g/mol. The highest BCUT2D eigenvalue weighted by molar-refractivity contribution is 7.92. The number of sulfonamides is 1. The Hall–Kier alpha value is -3.57. The van der Waals surface area contributed by atoms with E-state index in [1.54, 1.807) is 18.2 Å². The lowest BCUT2D eigenvalue weighted by Gasteiger charge is -2.18. The molecular weight excluding hydrogens is 540 g/mol. The summed E-state index contributed by atoms with van der Waals surface area (Å²) in [4.78, 5) is 15.8. The number of hydrogen-bond acceptors (Lipinski definition) is 6. The molecule has 0 radical (unpaired) electrons. The average molecular weight is 571 g/mol. The molecule has 0 fully saturated rings. The second-order valence-electron chi connectivity index (χ2n) is 9.59. The first-order chi connectivity index (χ1) is 18.5. The summed E-state index contributed by atoms with van der Waals surface area (Å²) in [5, 5.41) is 28.3. The van der Waals surface area contributed by atoms with E-state index in [0.29, 0.717) is 29.2 Å². The average Bonchev–Trinajstić information content (AvgIpc) is 3.31. The summed E-state index contributed by atoms with van der Waals surface area (Å²) in [7, 11) is -3.57. The van der Waals surface area contributed by atoms with Crippen molar-refractivity contribution < 1.29 is 23.4 Å². The molecule has 0 saturated heterocycles. The summed E-state index contributed by atoms with van der Waals surface area (Å²) >= 11 is 5.91. The molecule has 6 N–H and O–H groups in total. The number of aromatic nitrogens is 1. The minimum absolute atomic E-state index is 0.0138. The van der Waals surface area contributed by atoms with E-state index in [1.807, 2.05) is 43.3 Å². The lowest BCUT2D eigenvalue weighted by molar-refractivity contribution is 0.0946. The molecule has 0 spiro atoms. The van der Waals surface area contributed by atoms with Crippen molar-refractivity contribution in [3.8, 4) is 5.75 Å². The Labute approximate surface area is 232 Å². The Bertz CT molecular complexity index is 1570. The first kappa shape index (κ1) is 28.4. The van der Waals surface area contributed by atoms with Gasteiger partial charge in [0.2, 0.25) is 10.0 Å². The molecule has 1 aromatic heterocycles. The highest BCUT2D eigenvalue weighted by atomic mass is 35.5. The zero-order valence-electron chi connectivity index (χ0n) is 21.5. The summed E-state index contributed by atoms with van der Waals surface area (Å²) in [6.07, 6.45) is 0.763. The van der Waals surface area contributed by atoms with Gasteiger partial charge in [0, 0.05) is 35.1 Å². The number of phenolic OH excluding ortho intramolecular Hbond substituents is 1. The fraction of sp³-hybridized carbons (Fsp3) is 0.250. The topological polar surface area (TPSA) is 144 Å². The predicted octanol–water partition coefficient (Wildman–Crippen LogP) is 4.08. The van der Waals surface area contributed by atoms with E-state index in [1.165, 1.54) is 12.1 Å². The third-order valence-corrected chi connectivity index (χ3v) is 7.04. The number of aliphatic hydroxyl groups excluding tert-OH is 1. The highest BCUT2D eigenvalue weighted by Gasteiger charge is 2.15. The molecule has 39 heavy (non-hydrogen) atoms. The molecule has 0 saturated carbocycles. The van der Waals surface area contributed by atoms with Gasteiger partial charge in [0.05, 0.1) is 18.0 Å². The van der Waals surface area contributed by atoms with Gasteiger partial charge in [-0.2, -0.15) is 0 Å². The summed E-state index contributed by atoms with van der Waals surface area (Å²) < 4.78 is 25.3. The number of aromatic hydroxyl groups is 1. The lowest BCUT2D eigenvalue weighted by atomic mass is 10.0. The van der Waals surface area contributed by atoms with Crippen LogP contribution >= 0.6 is 11.6 Å². The van der Waals surface area contributed by atoms with Gasteiger partial charge < -0.3 is 25.8 Å². The number of aliphatic hydroxyl groups is 1. The van der Waals surface area contributed by atoms with Crippen LogP contribution in [0.4, 0.5) is 5.69 Å². The summed E-state index contributed by atoms with van der Waals surface area (Å²) in [6, 6.07) is 19.4. The number of phenols is 1. The first-order valence-electron chi connectivity index (χ1n) is 12.3. The Morgan fingerprint density at radius 1 is 1.03 bits per heavy atom. The van der Waals surface area contributed by atoms with E-state index < -0.39 is 16.1 Å². The van der Waals surface area contributed by atoms with Crippen LogP contribution < -0.4 is 15.4 Å². The molecule has 1 heterocycles. The molecule has 2 atom stereocenters. The van der Waals surface area contributed by atoms with E-state index in [4.69, 9.17) is 11.6 Å². The predicted molar refractivity (Wildman–Crippen MR) is 154 cm³/mol. The highest BCUT2D eigenvalue weighted by Crippen LogP contribution is 2.28. The van der Waals surface area contributed by atoms with Crippen molar-refractivity contribution in [1.29, 1.82) is 0 Å². The van der Waals surface area contributed by atoms with Crippen LogP contribution in [0.3, 0.4) is 0 Å². The van der Waals surface area contributed by atoms with Gasteiger partial charge >= 0.3 is 0 Å². The summed E-state index contributed by atoms with van der Waals surface area (Å²) in [5.41, 5.74) is 3.83. The van der Waals surface area contributed by atoms with E-state index in [2.05, 4.69) is 20.3 Å². The fourth-order valence-electron chi connectivity index (χ4n) is 4.21. The van der Waals surface area contributed by atoms with Crippen molar-refractivity contribution in [2.24, 2.45) is 0 Å². The Morgan fingerprint density at radius 2 is 1.74 bits per heavy atom. The van der Waals surface area contributed by atoms with Gasteiger partial charge in [-0.3, -0.25) is 9.52 Å². The lowest BCUT2D eigenvalue weighted by Crippen LogP contribution is -2.32. The van der Waals surface area contributed by atoms with Crippen LogP contribution in [0.2, 0.25) is 5.02 Å². The standard InChI is InChI=1S/C28H31ClN4O5S/c1-17(30-16-27(35)20-6-10-26(34)24(13-20)33-39(2,37)38)11-19-5-9-23-21(12-19)14-25(32-23)28(36)31-15-18-3-7-22(29)8-4-18/h3-10,12-14,17,27,30,32-35H,11,15-16H2,1-2H3,(H,31,36)/t17-,27+/m1/s1. The van der Waals surface area contributed by atoms with Crippen LogP contribution in [-0.2, 0) is 23.0 Å². The maximum atomic E-state index is 12.6. The first-order valence-corrected chi connectivity index (χ1v) is 14.6. The summed E-state index contributed by atoms with van der Waals surface area (Å²) in [6.45, 7) is 2.62. The zero-order chi connectivity index (χ0) is 28.2. The van der Waals surface area contributed by atoms with Crippen LogP contribution in [0.15, 0.2) is 66.7 Å². The van der Waals surface area contributed by atoms with Gasteiger partial charge in [0.1, 0.15) is 11.4 Å². The number of halogens is 1. The Balaban J connectivity index is 1.33. The van der Waals surface area contributed by atoms with Crippen LogP contribution in [0.25, 0.3) is 10.9 Å². The fourth-order valence-corrected chi connectivity index (χ4v) is 4.90. The van der Waals surface area contributed by atoms with Crippen LogP contribution in [0.5, 0.6) is 5.75 Å². The molecule has 0 aliphatic rings. The number of rotatable bonds is 11. The number of aromatic amines is 1. The number of anilines is 1. The number of hydrogen-bond donors (Lipinski definition) is 6. The number of fused-ring (bicyclic) bond motifs is 1. The van der Waals surface area contributed by atoms with Crippen molar-refractivity contribution in [3.63, 3.8) is 0 Å². The molecule has 0 aliphatic heterocycles. The molecule has 11 heteroatoms. The molecule has 0 aliphatic carbocycles. The third kappa shape index (κ3) is 7.96. The van der Waals surface area contributed by atoms with Crippen LogP contribution in [0, 0.1) is 0 Å². The number of carbonyl (C=O) groups is 1. The van der Waals surface area contributed by atoms with E-state index in [9.17, 15) is 23.4 Å². The van der Waals surface area contributed by atoms with E-state index >= 15 is 0 Å². The number of amides is 1. The molecule has 3 aromatic carbocycles. The van der Waals surface area contributed by atoms with Crippen molar-refractivity contribution in [2.75, 3.05) is 17.5 Å². The molecule has 0 unspecified atom stereocenters. The SMILES string of the molecule is C[C@H](Cc1ccc2[nH]c(C(=O)NCc3ccc(Cl)cc3)cc2c1)NC[C@H](O)c1ccc(O)c(NS(C)(=O)=O)c1. The molecular formula is C28H31ClN4O5S. The van der Waals surface area contributed by atoms with E-state index in [-0.39, 0.29) is 29.9 Å².